The van der Waals surface area contributed by atoms with Gasteiger partial charge in [0.15, 0.2) is 0 Å². The van der Waals surface area contributed by atoms with E-state index in [-0.39, 0.29) is 5.38 Å². The number of halogens is 2. The van der Waals surface area contributed by atoms with Gasteiger partial charge in [-0.05, 0) is 30.4 Å². The second kappa shape index (κ2) is 5.57. The van der Waals surface area contributed by atoms with Gasteiger partial charge in [-0.25, -0.2) is 0 Å². The summed E-state index contributed by atoms with van der Waals surface area (Å²) in [6.07, 6.45) is 5.36. The predicted molar refractivity (Wildman–Crippen MR) is 62.0 cm³/mol. The molecule has 2 atom stereocenters. The highest BCUT2D eigenvalue weighted by atomic mass is 35.5. The summed E-state index contributed by atoms with van der Waals surface area (Å²) in [6, 6.07) is 1.96. The van der Waals surface area contributed by atoms with Gasteiger partial charge < -0.3 is 0 Å². The summed E-state index contributed by atoms with van der Waals surface area (Å²) in [5, 5.41) is 0.957. The zero-order valence-electron chi connectivity index (χ0n) is 8.50. The van der Waals surface area contributed by atoms with Gasteiger partial charge in [-0.2, -0.15) is 0 Å². The molecule has 0 saturated carbocycles. The molecule has 0 aliphatic rings. The maximum Gasteiger partial charge on any atom is 0.0621 e. The van der Waals surface area contributed by atoms with Crippen molar-refractivity contribution in [2.45, 2.75) is 32.1 Å². The van der Waals surface area contributed by atoms with Gasteiger partial charge in [-0.1, -0.05) is 25.4 Å². The van der Waals surface area contributed by atoms with E-state index < -0.39 is 0 Å². The van der Waals surface area contributed by atoms with Crippen LogP contribution in [0.3, 0.4) is 0 Å². The van der Waals surface area contributed by atoms with Gasteiger partial charge in [0, 0.05) is 17.8 Å². The Balaban J connectivity index is 2.64. The molecule has 0 N–H and O–H groups in total. The number of nitrogens with zero attached hydrogens (tertiary/aromatic N) is 1. The summed E-state index contributed by atoms with van der Waals surface area (Å²) >= 11 is 12.2. The van der Waals surface area contributed by atoms with Crippen LogP contribution in [-0.2, 0) is 6.42 Å². The number of hydrogen-bond acceptors (Lipinski definition) is 1. The lowest BCUT2D eigenvalue weighted by molar-refractivity contribution is 0.531. The average Bonchev–Trinajstić information content (AvgIpc) is 2.20. The number of alkyl halides is 1. The first-order valence-corrected chi connectivity index (χ1v) is 5.69. The summed E-state index contributed by atoms with van der Waals surface area (Å²) in [4.78, 5) is 3.95. The van der Waals surface area contributed by atoms with Crippen LogP contribution in [0, 0.1) is 5.92 Å². The lowest BCUT2D eigenvalue weighted by Crippen LogP contribution is -2.13. The van der Waals surface area contributed by atoms with Gasteiger partial charge in [0.1, 0.15) is 0 Å². The zero-order valence-corrected chi connectivity index (χ0v) is 10.0. The minimum Gasteiger partial charge on any atom is -0.263 e. The molecule has 1 nitrogen and oxygen atoms in total. The van der Waals surface area contributed by atoms with Crippen molar-refractivity contribution >= 4 is 23.2 Å². The smallest absolute Gasteiger partial charge is 0.0621 e. The fraction of sp³-hybridized carbons (Fsp3) is 0.545. The second-order valence-corrected chi connectivity index (χ2v) is 4.54. The minimum atomic E-state index is 0.222. The van der Waals surface area contributed by atoms with Crippen LogP contribution in [0.5, 0.6) is 0 Å². The van der Waals surface area contributed by atoms with E-state index in [0.29, 0.717) is 5.92 Å². The monoisotopic (exact) mass is 231 g/mol. The van der Waals surface area contributed by atoms with Crippen molar-refractivity contribution in [1.29, 1.82) is 0 Å². The lowest BCUT2D eigenvalue weighted by Gasteiger charge is -2.16. The molecule has 2 unspecified atom stereocenters. The first kappa shape index (κ1) is 11.8. The highest BCUT2D eigenvalue weighted by Crippen LogP contribution is 2.22. The fourth-order valence-corrected chi connectivity index (χ4v) is 1.73. The van der Waals surface area contributed by atoms with Crippen LogP contribution in [-0.4, -0.2) is 10.4 Å². The molecule has 0 spiro atoms. The van der Waals surface area contributed by atoms with Crippen LogP contribution < -0.4 is 0 Å². The molecule has 1 aromatic heterocycles. The summed E-state index contributed by atoms with van der Waals surface area (Å²) in [5.41, 5.74) is 1.13. The molecule has 0 saturated heterocycles. The summed E-state index contributed by atoms with van der Waals surface area (Å²) < 4.78 is 0. The predicted octanol–water partition coefficient (Wildman–Crippen LogP) is 3.93. The standard InChI is InChI=1S/C11H15Cl2N/c1-3-10(12)8(2)6-9-4-5-14-7-11(9)13/h4-5,7-8,10H,3,6H2,1-2H3. The van der Waals surface area contributed by atoms with Gasteiger partial charge in [0.25, 0.3) is 0 Å². The third-order valence-corrected chi connectivity index (χ3v) is 3.48. The molecular formula is C11H15Cl2N. The molecule has 0 aliphatic heterocycles. The van der Waals surface area contributed by atoms with Crippen LogP contribution in [0.25, 0.3) is 0 Å². The second-order valence-electron chi connectivity index (χ2n) is 3.57. The number of pyridine rings is 1. The Morgan fingerprint density at radius 3 is 2.79 bits per heavy atom. The van der Waals surface area contributed by atoms with Crippen LogP contribution in [0.1, 0.15) is 25.8 Å². The third kappa shape index (κ3) is 3.14. The Hall–Kier alpha value is -0.270. The van der Waals surface area contributed by atoms with E-state index in [1.165, 1.54) is 0 Å². The average molecular weight is 232 g/mol. The zero-order chi connectivity index (χ0) is 10.6. The van der Waals surface area contributed by atoms with E-state index in [1.54, 1.807) is 12.4 Å². The summed E-state index contributed by atoms with van der Waals surface area (Å²) in [5.74, 6) is 0.446. The molecule has 1 aromatic rings. The van der Waals surface area contributed by atoms with Crippen molar-refractivity contribution in [3.05, 3.63) is 29.0 Å². The van der Waals surface area contributed by atoms with Gasteiger partial charge in [-0.3, -0.25) is 4.98 Å². The highest BCUT2D eigenvalue weighted by Gasteiger charge is 2.14. The lowest BCUT2D eigenvalue weighted by atomic mass is 9.97. The SMILES string of the molecule is CCC(Cl)C(C)Cc1ccncc1Cl. The molecule has 0 fully saturated rings. The Morgan fingerprint density at radius 2 is 2.21 bits per heavy atom. The Labute approximate surface area is 95.4 Å². The molecule has 3 heteroatoms. The van der Waals surface area contributed by atoms with Crippen molar-refractivity contribution in [3.8, 4) is 0 Å². The Kier molecular flexibility index (Phi) is 4.70. The molecule has 0 bridgehead atoms. The molecular weight excluding hydrogens is 217 g/mol. The maximum atomic E-state index is 6.16. The van der Waals surface area contributed by atoms with Crippen molar-refractivity contribution < 1.29 is 0 Å². The number of aromatic nitrogens is 1. The molecule has 14 heavy (non-hydrogen) atoms. The van der Waals surface area contributed by atoms with Crippen molar-refractivity contribution in [2.75, 3.05) is 0 Å². The van der Waals surface area contributed by atoms with Gasteiger partial charge in [0.05, 0.1) is 5.02 Å². The van der Waals surface area contributed by atoms with Crippen LogP contribution in [0.2, 0.25) is 5.02 Å². The first-order valence-electron chi connectivity index (χ1n) is 4.87. The summed E-state index contributed by atoms with van der Waals surface area (Å²) in [6.45, 7) is 4.25. The van der Waals surface area contributed by atoms with Gasteiger partial charge in [-0.15, -0.1) is 11.6 Å². The molecule has 1 rings (SSSR count). The molecule has 0 aromatic carbocycles. The van der Waals surface area contributed by atoms with Crippen molar-refractivity contribution in [1.82, 2.24) is 4.98 Å². The number of rotatable bonds is 4. The quantitative estimate of drug-likeness (QED) is 0.716. The third-order valence-electron chi connectivity index (χ3n) is 2.41. The molecule has 0 aliphatic carbocycles. The van der Waals surface area contributed by atoms with E-state index >= 15 is 0 Å². The molecule has 0 radical (unpaired) electrons. The fourth-order valence-electron chi connectivity index (χ4n) is 1.45. The van der Waals surface area contributed by atoms with Crippen molar-refractivity contribution in [2.24, 2.45) is 5.92 Å². The van der Waals surface area contributed by atoms with E-state index in [1.807, 2.05) is 6.07 Å². The molecule has 0 amide bonds. The van der Waals surface area contributed by atoms with E-state index in [0.717, 1.165) is 23.4 Å². The van der Waals surface area contributed by atoms with Crippen LogP contribution in [0.15, 0.2) is 18.5 Å². The van der Waals surface area contributed by atoms with Crippen LogP contribution in [0.4, 0.5) is 0 Å². The van der Waals surface area contributed by atoms with E-state index in [9.17, 15) is 0 Å². The Bertz CT molecular complexity index is 288. The van der Waals surface area contributed by atoms with E-state index in [2.05, 4.69) is 18.8 Å². The highest BCUT2D eigenvalue weighted by molar-refractivity contribution is 6.31. The van der Waals surface area contributed by atoms with Crippen molar-refractivity contribution in [3.63, 3.8) is 0 Å². The topological polar surface area (TPSA) is 12.9 Å². The number of hydrogen-bond donors (Lipinski definition) is 0. The minimum absolute atomic E-state index is 0.222. The molecule has 78 valence electrons. The molecule has 1 heterocycles. The van der Waals surface area contributed by atoms with E-state index in [4.69, 9.17) is 23.2 Å². The van der Waals surface area contributed by atoms with Gasteiger partial charge >= 0.3 is 0 Å². The Morgan fingerprint density at radius 1 is 1.50 bits per heavy atom. The summed E-state index contributed by atoms with van der Waals surface area (Å²) in [7, 11) is 0. The van der Waals surface area contributed by atoms with Crippen LogP contribution >= 0.6 is 23.2 Å². The first-order chi connectivity index (χ1) is 6.65. The van der Waals surface area contributed by atoms with Gasteiger partial charge in [0.2, 0.25) is 0 Å². The maximum absolute atomic E-state index is 6.16. The normalized spacial score (nSPS) is 15.1. The largest absolute Gasteiger partial charge is 0.263 e.